The lowest BCUT2D eigenvalue weighted by molar-refractivity contribution is 0.270. The summed E-state index contributed by atoms with van der Waals surface area (Å²) < 4.78 is 5.83. The lowest BCUT2D eigenvalue weighted by Gasteiger charge is -2.18. The molecule has 0 aromatic heterocycles. The van der Waals surface area contributed by atoms with Gasteiger partial charge in [0.15, 0.2) is 0 Å². The first-order valence-corrected chi connectivity index (χ1v) is 7.57. The van der Waals surface area contributed by atoms with Gasteiger partial charge in [0, 0.05) is 11.1 Å². The van der Waals surface area contributed by atoms with Crippen molar-refractivity contribution in [2.24, 2.45) is 0 Å². The number of benzene rings is 2. The van der Waals surface area contributed by atoms with Crippen molar-refractivity contribution < 1.29 is 4.74 Å². The molecule has 0 aliphatic heterocycles. The van der Waals surface area contributed by atoms with Crippen molar-refractivity contribution in [2.45, 2.75) is 26.3 Å². The summed E-state index contributed by atoms with van der Waals surface area (Å²) in [5.74, 6) is 0.808. The SMILES string of the molecule is CNC(COc1cccc(Cl)c1)Cc1cc(C)cc(C)c1. The second-order valence-corrected chi connectivity index (χ2v) is 5.89. The lowest BCUT2D eigenvalue weighted by Crippen LogP contribution is -2.33. The topological polar surface area (TPSA) is 21.3 Å². The molecule has 1 N–H and O–H groups in total. The Morgan fingerprint density at radius 1 is 1.10 bits per heavy atom. The summed E-state index contributed by atoms with van der Waals surface area (Å²) in [6, 6.07) is 14.4. The predicted molar refractivity (Wildman–Crippen MR) is 89.4 cm³/mol. The Morgan fingerprint density at radius 3 is 2.43 bits per heavy atom. The van der Waals surface area contributed by atoms with Crippen LogP contribution in [0.2, 0.25) is 5.02 Å². The second-order valence-electron chi connectivity index (χ2n) is 5.45. The normalized spacial score (nSPS) is 12.2. The average Bonchev–Trinajstić information content (AvgIpc) is 2.42. The van der Waals surface area contributed by atoms with Crippen LogP contribution in [0.3, 0.4) is 0 Å². The van der Waals surface area contributed by atoms with Crippen LogP contribution in [0.1, 0.15) is 16.7 Å². The van der Waals surface area contributed by atoms with E-state index >= 15 is 0 Å². The van der Waals surface area contributed by atoms with E-state index in [1.54, 1.807) is 0 Å². The summed E-state index contributed by atoms with van der Waals surface area (Å²) in [7, 11) is 1.97. The molecule has 112 valence electrons. The number of rotatable bonds is 6. The molecule has 1 unspecified atom stereocenters. The van der Waals surface area contributed by atoms with Crippen LogP contribution in [0.15, 0.2) is 42.5 Å². The Kier molecular flexibility index (Phi) is 5.66. The van der Waals surface area contributed by atoms with Gasteiger partial charge in [0.1, 0.15) is 12.4 Å². The van der Waals surface area contributed by atoms with Crippen LogP contribution >= 0.6 is 11.6 Å². The van der Waals surface area contributed by atoms with Gasteiger partial charge in [-0.1, -0.05) is 47.0 Å². The van der Waals surface area contributed by atoms with Crippen molar-refractivity contribution in [3.8, 4) is 5.75 Å². The molecule has 2 rings (SSSR count). The second kappa shape index (κ2) is 7.48. The Hall–Kier alpha value is -1.51. The molecule has 1 atom stereocenters. The largest absolute Gasteiger partial charge is 0.492 e. The third-order valence-corrected chi connectivity index (χ3v) is 3.65. The van der Waals surface area contributed by atoms with Crippen molar-refractivity contribution in [3.63, 3.8) is 0 Å². The molecule has 0 aliphatic rings. The van der Waals surface area contributed by atoms with Gasteiger partial charge >= 0.3 is 0 Å². The Morgan fingerprint density at radius 2 is 1.81 bits per heavy atom. The number of hydrogen-bond acceptors (Lipinski definition) is 2. The van der Waals surface area contributed by atoms with E-state index in [4.69, 9.17) is 16.3 Å². The van der Waals surface area contributed by atoms with E-state index in [1.165, 1.54) is 16.7 Å². The van der Waals surface area contributed by atoms with Gasteiger partial charge in [-0.3, -0.25) is 0 Å². The zero-order chi connectivity index (χ0) is 15.2. The lowest BCUT2D eigenvalue weighted by atomic mass is 10.0. The van der Waals surface area contributed by atoms with Gasteiger partial charge in [0.25, 0.3) is 0 Å². The molecule has 0 radical (unpaired) electrons. The molecule has 0 aliphatic carbocycles. The minimum absolute atomic E-state index is 0.269. The molecule has 0 amide bonds. The maximum Gasteiger partial charge on any atom is 0.120 e. The van der Waals surface area contributed by atoms with Crippen molar-refractivity contribution in [3.05, 3.63) is 64.2 Å². The first-order chi connectivity index (χ1) is 10.1. The number of ether oxygens (including phenoxy) is 1. The van der Waals surface area contributed by atoms with Crippen molar-refractivity contribution in [2.75, 3.05) is 13.7 Å². The number of likely N-dealkylation sites (N-methyl/N-ethyl adjacent to an activating group) is 1. The van der Waals surface area contributed by atoms with Gasteiger partial charge in [-0.05, 0) is 51.1 Å². The first-order valence-electron chi connectivity index (χ1n) is 7.19. The molecule has 2 nitrogen and oxygen atoms in total. The van der Waals surface area contributed by atoms with Gasteiger partial charge in [-0.2, -0.15) is 0 Å². The van der Waals surface area contributed by atoms with Crippen LogP contribution in [-0.4, -0.2) is 19.7 Å². The summed E-state index contributed by atoms with van der Waals surface area (Å²) in [6.45, 7) is 4.88. The van der Waals surface area contributed by atoms with Gasteiger partial charge < -0.3 is 10.1 Å². The highest BCUT2D eigenvalue weighted by atomic mass is 35.5. The smallest absolute Gasteiger partial charge is 0.120 e. The number of aryl methyl sites for hydroxylation is 2. The third-order valence-electron chi connectivity index (χ3n) is 3.42. The molecule has 0 saturated heterocycles. The molecule has 3 heteroatoms. The van der Waals surface area contributed by atoms with E-state index in [0.717, 1.165) is 12.2 Å². The van der Waals surface area contributed by atoms with E-state index in [9.17, 15) is 0 Å². The maximum absolute atomic E-state index is 5.96. The minimum atomic E-state index is 0.269. The van der Waals surface area contributed by atoms with E-state index < -0.39 is 0 Å². The van der Waals surface area contributed by atoms with Gasteiger partial charge in [0.2, 0.25) is 0 Å². The Balaban J connectivity index is 1.96. The van der Waals surface area contributed by atoms with Crippen molar-refractivity contribution in [1.82, 2.24) is 5.32 Å². The monoisotopic (exact) mass is 303 g/mol. The van der Waals surface area contributed by atoms with Gasteiger partial charge in [-0.15, -0.1) is 0 Å². The fourth-order valence-corrected chi connectivity index (χ4v) is 2.65. The summed E-state index contributed by atoms with van der Waals surface area (Å²) in [5.41, 5.74) is 3.94. The Labute approximate surface area is 132 Å². The zero-order valence-electron chi connectivity index (χ0n) is 12.8. The van der Waals surface area contributed by atoms with Gasteiger partial charge in [0.05, 0.1) is 0 Å². The van der Waals surface area contributed by atoms with Gasteiger partial charge in [-0.25, -0.2) is 0 Å². The fraction of sp³-hybridized carbons (Fsp3) is 0.333. The molecule has 0 fully saturated rings. The molecule has 2 aromatic rings. The van der Waals surface area contributed by atoms with Crippen molar-refractivity contribution in [1.29, 1.82) is 0 Å². The summed E-state index contributed by atoms with van der Waals surface area (Å²) in [6.07, 6.45) is 0.944. The number of hydrogen-bond donors (Lipinski definition) is 1. The summed E-state index contributed by atoms with van der Waals surface area (Å²) in [5, 5.41) is 4.01. The molecule has 21 heavy (non-hydrogen) atoms. The Bertz CT molecular complexity index is 577. The molecule has 0 heterocycles. The maximum atomic E-state index is 5.96. The van der Waals surface area contributed by atoms with E-state index in [0.29, 0.717) is 11.6 Å². The van der Waals surface area contributed by atoms with E-state index in [2.05, 4.69) is 37.4 Å². The average molecular weight is 304 g/mol. The van der Waals surface area contributed by atoms with E-state index in [1.807, 2.05) is 31.3 Å². The third kappa shape index (κ3) is 5.07. The highest BCUT2D eigenvalue weighted by molar-refractivity contribution is 6.30. The van der Waals surface area contributed by atoms with Crippen molar-refractivity contribution >= 4 is 11.6 Å². The number of halogens is 1. The van der Waals surface area contributed by atoms with Crippen LogP contribution in [0.25, 0.3) is 0 Å². The molecular formula is C18H22ClNO. The standard InChI is InChI=1S/C18H22ClNO/c1-13-7-14(2)9-15(8-13)10-17(20-3)12-21-18-6-4-5-16(19)11-18/h4-9,11,17,20H,10,12H2,1-3H3. The van der Waals surface area contributed by atoms with Crippen LogP contribution in [0, 0.1) is 13.8 Å². The quantitative estimate of drug-likeness (QED) is 0.865. The van der Waals surface area contributed by atoms with Crippen LogP contribution < -0.4 is 10.1 Å². The highest BCUT2D eigenvalue weighted by Crippen LogP contribution is 2.18. The minimum Gasteiger partial charge on any atom is -0.492 e. The first kappa shape index (κ1) is 15.9. The highest BCUT2D eigenvalue weighted by Gasteiger charge is 2.09. The molecular weight excluding hydrogens is 282 g/mol. The molecule has 2 aromatic carbocycles. The van der Waals surface area contributed by atoms with E-state index in [-0.39, 0.29) is 6.04 Å². The number of nitrogens with one attached hydrogen (secondary N) is 1. The fourth-order valence-electron chi connectivity index (χ4n) is 2.47. The summed E-state index contributed by atoms with van der Waals surface area (Å²) >= 11 is 5.96. The summed E-state index contributed by atoms with van der Waals surface area (Å²) in [4.78, 5) is 0. The van der Waals surface area contributed by atoms with Crippen LogP contribution in [0.4, 0.5) is 0 Å². The molecule has 0 spiro atoms. The molecule has 0 bridgehead atoms. The predicted octanol–water partition coefficient (Wildman–Crippen LogP) is 4.17. The van der Waals surface area contributed by atoms with Crippen LogP contribution in [0.5, 0.6) is 5.75 Å². The molecule has 0 saturated carbocycles. The van der Waals surface area contributed by atoms with Crippen LogP contribution in [-0.2, 0) is 6.42 Å². The zero-order valence-corrected chi connectivity index (χ0v) is 13.6.